The fourth-order valence-corrected chi connectivity index (χ4v) is 3.15. The van der Waals surface area contributed by atoms with E-state index >= 15 is 0 Å². The maximum absolute atomic E-state index is 13.3. The number of hydrogen-bond acceptors (Lipinski definition) is 4. The largest absolute Gasteiger partial charge is 0.374 e. The van der Waals surface area contributed by atoms with Crippen LogP contribution in [0.5, 0.6) is 0 Å². The molecule has 1 aromatic carbocycles. The first-order chi connectivity index (χ1) is 12.6. The van der Waals surface area contributed by atoms with Gasteiger partial charge < -0.3 is 9.64 Å². The monoisotopic (exact) mass is 357 g/mol. The summed E-state index contributed by atoms with van der Waals surface area (Å²) in [6.07, 6.45) is 2.26. The summed E-state index contributed by atoms with van der Waals surface area (Å²) in [5.41, 5.74) is 1.82. The Morgan fingerprint density at radius 3 is 3.00 bits per heavy atom. The first-order valence-corrected chi connectivity index (χ1v) is 8.82. The molecule has 1 fully saturated rings. The van der Waals surface area contributed by atoms with Crippen molar-refractivity contribution in [2.24, 2.45) is 0 Å². The van der Waals surface area contributed by atoms with Crippen molar-refractivity contribution in [3.05, 3.63) is 65.7 Å². The Labute approximate surface area is 153 Å². The summed E-state index contributed by atoms with van der Waals surface area (Å²) in [4.78, 5) is 20.7. The lowest BCUT2D eigenvalue weighted by Gasteiger charge is -2.34. The van der Waals surface area contributed by atoms with Crippen molar-refractivity contribution in [3.8, 4) is 0 Å². The number of aromatic nitrogens is 1. The predicted molar refractivity (Wildman–Crippen MR) is 97.0 cm³/mol. The number of amides is 1. The molecule has 1 saturated heterocycles. The molecular formula is C20H24FN3O2. The topological polar surface area (TPSA) is 45.7 Å². The molecule has 1 aromatic heterocycles. The molecule has 5 nitrogen and oxygen atoms in total. The highest BCUT2D eigenvalue weighted by Crippen LogP contribution is 2.13. The molecule has 0 saturated carbocycles. The summed E-state index contributed by atoms with van der Waals surface area (Å²) in [6.45, 7) is 2.60. The number of pyridine rings is 1. The van der Waals surface area contributed by atoms with E-state index < -0.39 is 0 Å². The van der Waals surface area contributed by atoms with Crippen molar-refractivity contribution in [3.63, 3.8) is 0 Å². The van der Waals surface area contributed by atoms with Crippen LogP contribution >= 0.6 is 0 Å². The highest BCUT2D eigenvalue weighted by molar-refractivity contribution is 5.78. The summed E-state index contributed by atoms with van der Waals surface area (Å²) in [5.74, 6) is -0.168. The molecule has 0 bridgehead atoms. The van der Waals surface area contributed by atoms with Gasteiger partial charge in [0.05, 0.1) is 24.9 Å². The minimum Gasteiger partial charge on any atom is -0.374 e. The van der Waals surface area contributed by atoms with E-state index in [1.807, 2.05) is 41.1 Å². The van der Waals surface area contributed by atoms with Gasteiger partial charge in [0.1, 0.15) is 5.82 Å². The molecule has 2 heterocycles. The molecular weight excluding hydrogens is 333 g/mol. The number of morpholine rings is 1. The third kappa shape index (κ3) is 5.34. The normalized spacial score (nSPS) is 17.5. The van der Waals surface area contributed by atoms with Gasteiger partial charge in [-0.1, -0.05) is 18.2 Å². The number of carbonyl (C=O) groups excluding carboxylic acids is 1. The van der Waals surface area contributed by atoms with Crippen LogP contribution in [0.25, 0.3) is 0 Å². The van der Waals surface area contributed by atoms with E-state index in [-0.39, 0.29) is 17.8 Å². The number of likely N-dealkylation sites (N-methyl/N-ethyl adjacent to an activating group) is 1. The van der Waals surface area contributed by atoms with Crippen LogP contribution in [0.1, 0.15) is 11.3 Å². The molecule has 0 radical (unpaired) electrons. The van der Waals surface area contributed by atoms with Gasteiger partial charge in [-0.05, 0) is 36.9 Å². The van der Waals surface area contributed by atoms with Crippen molar-refractivity contribution >= 4 is 5.91 Å². The van der Waals surface area contributed by atoms with E-state index in [1.54, 1.807) is 12.3 Å². The number of carbonyl (C=O) groups is 1. The fourth-order valence-electron chi connectivity index (χ4n) is 3.15. The van der Waals surface area contributed by atoms with E-state index in [4.69, 9.17) is 4.74 Å². The van der Waals surface area contributed by atoms with Crippen LogP contribution in [0.4, 0.5) is 4.39 Å². The third-order valence-corrected chi connectivity index (χ3v) is 4.41. The van der Waals surface area contributed by atoms with Gasteiger partial charge in [-0.3, -0.25) is 14.7 Å². The molecule has 1 unspecified atom stereocenters. The number of ether oxygens (including phenoxy) is 1. The first-order valence-electron chi connectivity index (χ1n) is 8.82. The zero-order chi connectivity index (χ0) is 18.4. The Morgan fingerprint density at radius 2 is 2.23 bits per heavy atom. The predicted octanol–water partition coefficient (Wildman–Crippen LogP) is 2.12. The molecule has 6 heteroatoms. The van der Waals surface area contributed by atoms with Gasteiger partial charge in [-0.2, -0.15) is 0 Å². The SMILES string of the molecule is CN(CC(=O)N1CCOC(Cc2cccc(F)c2)C1)Cc1ccccn1. The van der Waals surface area contributed by atoms with Crippen LogP contribution in [0.3, 0.4) is 0 Å². The standard InChI is InChI=1S/C20H24FN3O2/c1-23(13-18-7-2-3-8-22-18)15-20(25)24-9-10-26-19(14-24)12-16-5-4-6-17(21)11-16/h2-8,11,19H,9-10,12-15H2,1H3. The molecule has 26 heavy (non-hydrogen) atoms. The number of nitrogens with zero attached hydrogens (tertiary/aromatic N) is 3. The quantitative estimate of drug-likeness (QED) is 0.795. The molecule has 0 N–H and O–H groups in total. The van der Waals surface area contributed by atoms with Gasteiger partial charge >= 0.3 is 0 Å². The van der Waals surface area contributed by atoms with Gasteiger partial charge in [0, 0.05) is 32.3 Å². The summed E-state index contributed by atoms with van der Waals surface area (Å²) in [5, 5.41) is 0. The van der Waals surface area contributed by atoms with Crippen LogP contribution in [0.15, 0.2) is 48.7 Å². The van der Waals surface area contributed by atoms with Crippen LogP contribution < -0.4 is 0 Å². The van der Waals surface area contributed by atoms with E-state index in [0.29, 0.717) is 39.2 Å². The Balaban J connectivity index is 1.51. The average Bonchev–Trinajstić information content (AvgIpc) is 2.62. The van der Waals surface area contributed by atoms with Crippen molar-refractivity contribution < 1.29 is 13.9 Å². The van der Waals surface area contributed by atoms with Crippen LogP contribution in [-0.2, 0) is 22.5 Å². The van der Waals surface area contributed by atoms with E-state index in [0.717, 1.165) is 11.3 Å². The zero-order valence-corrected chi connectivity index (χ0v) is 15.0. The number of hydrogen-bond donors (Lipinski definition) is 0. The minimum atomic E-state index is -0.248. The van der Waals surface area contributed by atoms with E-state index in [2.05, 4.69) is 4.98 Å². The molecule has 138 valence electrons. The Bertz CT molecular complexity index is 726. The lowest BCUT2D eigenvalue weighted by Crippen LogP contribution is -2.49. The van der Waals surface area contributed by atoms with Gasteiger partial charge in [0.15, 0.2) is 0 Å². The highest BCUT2D eigenvalue weighted by Gasteiger charge is 2.25. The lowest BCUT2D eigenvalue weighted by atomic mass is 10.1. The summed E-state index contributed by atoms with van der Waals surface area (Å²) < 4.78 is 19.1. The average molecular weight is 357 g/mol. The van der Waals surface area contributed by atoms with Crippen molar-refractivity contribution in [1.82, 2.24) is 14.8 Å². The molecule has 2 aromatic rings. The number of benzene rings is 1. The van der Waals surface area contributed by atoms with Gasteiger partial charge in [-0.15, -0.1) is 0 Å². The second-order valence-corrected chi connectivity index (χ2v) is 6.66. The first kappa shape index (κ1) is 18.5. The summed E-state index contributed by atoms with van der Waals surface area (Å²) >= 11 is 0. The Kier molecular flexibility index (Phi) is 6.30. The lowest BCUT2D eigenvalue weighted by molar-refractivity contribution is -0.139. The molecule has 3 rings (SSSR count). The molecule has 0 aliphatic carbocycles. The van der Waals surface area contributed by atoms with E-state index in [1.165, 1.54) is 12.1 Å². The smallest absolute Gasteiger partial charge is 0.236 e. The van der Waals surface area contributed by atoms with Gasteiger partial charge in [0.25, 0.3) is 0 Å². The fraction of sp³-hybridized carbons (Fsp3) is 0.400. The number of halogens is 1. The maximum atomic E-state index is 13.3. The summed E-state index contributed by atoms with van der Waals surface area (Å²) in [6, 6.07) is 12.3. The van der Waals surface area contributed by atoms with Crippen molar-refractivity contribution in [2.75, 3.05) is 33.3 Å². The maximum Gasteiger partial charge on any atom is 0.236 e. The van der Waals surface area contributed by atoms with Gasteiger partial charge in [0.2, 0.25) is 5.91 Å². The van der Waals surface area contributed by atoms with Crippen LogP contribution in [0.2, 0.25) is 0 Å². The minimum absolute atomic E-state index is 0.0796. The van der Waals surface area contributed by atoms with Crippen LogP contribution in [0, 0.1) is 5.82 Å². The van der Waals surface area contributed by atoms with Crippen molar-refractivity contribution in [2.45, 2.75) is 19.1 Å². The highest BCUT2D eigenvalue weighted by atomic mass is 19.1. The molecule has 1 atom stereocenters. The van der Waals surface area contributed by atoms with Crippen LogP contribution in [-0.4, -0.2) is 60.1 Å². The second-order valence-electron chi connectivity index (χ2n) is 6.66. The zero-order valence-electron chi connectivity index (χ0n) is 15.0. The Hall–Kier alpha value is -2.31. The third-order valence-electron chi connectivity index (χ3n) is 4.41. The number of rotatable bonds is 6. The van der Waals surface area contributed by atoms with Crippen molar-refractivity contribution in [1.29, 1.82) is 0 Å². The molecule has 1 aliphatic heterocycles. The van der Waals surface area contributed by atoms with E-state index in [9.17, 15) is 9.18 Å². The summed E-state index contributed by atoms with van der Waals surface area (Å²) in [7, 11) is 1.91. The molecule has 0 spiro atoms. The Morgan fingerprint density at radius 1 is 1.35 bits per heavy atom. The molecule has 1 amide bonds. The second kappa shape index (κ2) is 8.87. The van der Waals surface area contributed by atoms with Gasteiger partial charge in [-0.25, -0.2) is 4.39 Å². The molecule has 1 aliphatic rings.